The van der Waals surface area contributed by atoms with Crippen molar-refractivity contribution in [2.45, 2.75) is 30.1 Å². The van der Waals surface area contributed by atoms with Crippen LogP contribution < -0.4 is 0 Å². The molecule has 2 nitrogen and oxygen atoms in total. The van der Waals surface area contributed by atoms with Gasteiger partial charge in [-0.15, -0.1) is 0 Å². The molecule has 0 atom stereocenters. The minimum absolute atomic E-state index is 0.264. The lowest BCUT2D eigenvalue weighted by molar-refractivity contribution is 0.596. The molecule has 0 saturated heterocycles. The van der Waals surface area contributed by atoms with E-state index in [1.807, 2.05) is 26.0 Å². The van der Waals surface area contributed by atoms with Gasteiger partial charge in [-0.25, -0.2) is 12.8 Å². The molecule has 0 aromatic heterocycles. The van der Waals surface area contributed by atoms with E-state index in [9.17, 15) is 12.8 Å². The first kappa shape index (κ1) is 17.4. The van der Waals surface area contributed by atoms with Gasteiger partial charge in [0.05, 0.1) is 9.79 Å². The molecule has 3 rings (SSSR count). The number of hydrogen-bond donors (Lipinski definition) is 0. The molecule has 0 bridgehead atoms. The summed E-state index contributed by atoms with van der Waals surface area (Å²) in [5, 5.41) is 0. The van der Waals surface area contributed by atoms with Gasteiger partial charge in [-0.1, -0.05) is 37.3 Å². The first-order chi connectivity index (χ1) is 11.9. The van der Waals surface area contributed by atoms with E-state index in [0.29, 0.717) is 4.90 Å². The van der Waals surface area contributed by atoms with E-state index in [4.69, 9.17) is 0 Å². The molecule has 0 aliphatic rings. The second kappa shape index (κ2) is 6.81. The zero-order valence-corrected chi connectivity index (χ0v) is 15.0. The predicted octanol–water partition coefficient (Wildman–Crippen LogP) is 5.20. The largest absolute Gasteiger partial charge is 0.219 e. The zero-order valence-electron chi connectivity index (χ0n) is 14.2. The number of benzene rings is 3. The van der Waals surface area contributed by atoms with Crippen molar-refractivity contribution in [3.05, 3.63) is 83.7 Å². The molecular weight excluding hydrogens is 335 g/mol. The monoisotopic (exact) mass is 354 g/mol. The van der Waals surface area contributed by atoms with Crippen LogP contribution in [0.2, 0.25) is 0 Å². The van der Waals surface area contributed by atoms with E-state index in [2.05, 4.69) is 0 Å². The first-order valence-electron chi connectivity index (χ1n) is 8.12. The highest BCUT2D eigenvalue weighted by Crippen LogP contribution is 2.28. The molecule has 0 aliphatic carbocycles. The Hall–Kier alpha value is -2.46. The fraction of sp³-hybridized carbons (Fsp3) is 0.143. The van der Waals surface area contributed by atoms with E-state index >= 15 is 0 Å². The molecule has 128 valence electrons. The second-order valence-corrected chi connectivity index (χ2v) is 7.93. The number of halogens is 1. The minimum Gasteiger partial charge on any atom is -0.219 e. The van der Waals surface area contributed by atoms with E-state index in [0.717, 1.165) is 28.7 Å². The molecular formula is C21H19FO2S. The Balaban J connectivity index is 2.00. The van der Waals surface area contributed by atoms with E-state index < -0.39 is 9.84 Å². The Kier molecular flexibility index (Phi) is 4.73. The van der Waals surface area contributed by atoms with Gasteiger partial charge in [0.1, 0.15) is 5.82 Å². The number of rotatable bonds is 4. The lowest BCUT2D eigenvalue weighted by Crippen LogP contribution is -2.03. The van der Waals surface area contributed by atoms with Crippen LogP contribution >= 0.6 is 0 Å². The van der Waals surface area contributed by atoms with Crippen molar-refractivity contribution in [3.63, 3.8) is 0 Å². The van der Waals surface area contributed by atoms with E-state index in [1.165, 1.54) is 12.1 Å². The van der Waals surface area contributed by atoms with Crippen LogP contribution in [-0.4, -0.2) is 8.42 Å². The molecule has 0 amide bonds. The highest BCUT2D eigenvalue weighted by Gasteiger charge is 2.18. The van der Waals surface area contributed by atoms with Crippen LogP contribution in [0.5, 0.6) is 0 Å². The molecule has 3 aromatic carbocycles. The molecule has 0 unspecified atom stereocenters. The van der Waals surface area contributed by atoms with Gasteiger partial charge in [-0.2, -0.15) is 0 Å². The van der Waals surface area contributed by atoms with Gasteiger partial charge in [0.25, 0.3) is 0 Å². The summed E-state index contributed by atoms with van der Waals surface area (Å²) >= 11 is 0. The van der Waals surface area contributed by atoms with Gasteiger partial charge in [-0.3, -0.25) is 0 Å². The molecule has 0 aliphatic heterocycles. The quantitative estimate of drug-likeness (QED) is 0.645. The van der Waals surface area contributed by atoms with Crippen LogP contribution in [0, 0.1) is 12.7 Å². The Bertz CT molecular complexity index is 989. The van der Waals surface area contributed by atoms with Crippen molar-refractivity contribution in [1.29, 1.82) is 0 Å². The van der Waals surface area contributed by atoms with Crippen LogP contribution in [0.4, 0.5) is 4.39 Å². The fourth-order valence-corrected chi connectivity index (χ4v) is 4.14. The summed E-state index contributed by atoms with van der Waals surface area (Å²) in [6.45, 7) is 3.89. The van der Waals surface area contributed by atoms with Crippen molar-refractivity contribution in [2.24, 2.45) is 0 Å². The molecule has 0 radical (unpaired) electrons. The maximum Gasteiger partial charge on any atom is 0.206 e. The molecule has 4 heteroatoms. The minimum atomic E-state index is -3.55. The molecule has 0 heterocycles. The Morgan fingerprint density at radius 2 is 1.44 bits per heavy atom. The standard InChI is InChI=1S/C21H19FO2S/c1-3-16-4-10-19(11-5-16)25(23,24)20-12-13-21(15(2)14-20)17-6-8-18(22)9-7-17/h4-14H,3H2,1-2H3. The third kappa shape index (κ3) is 3.49. The van der Waals surface area contributed by atoms with Crippen molar-refractivity contribution in [1.82, 2.24) is 0 Å². The van der Waals surface area contributed by atoms with Gasteiger partial charge in [-0.05, 0) is 72.0 Å². The van der Waals surface area contributed by atoms with Gasteiger partial charge in [0.2, 0.25) is 9.84 Å². The predicted molar refractivity (Wildman–Crippen MR) is 97.8 cm³/mol. The molecule has 25 heavy (non-hydrogen) atoms. The van der Waals surface area contributed by atoms with E-state index in [-0.39, 0.29) is 10.7 Å². The molecule has 0 spiro atoms. The highest BCUT2D eigenvalue weighted by atomic mass is 32.2. The van der Waals surface area contributed by atoms with Crippen molar-refractivity contribution < 1.29 is 12.8 Å². The summed E-state index contributed by atoms with van der Waals surface area (Å²) in [6.07, 6.45) is 0.867. The molecule has 3 aromatic rings. The normalized spacial score (nSPS) is 11.5. The summed E-state index contributed by atoms with van der Waals surface area (Å²) in [6, 6.07) is 18.2. The van der Waals surface area contributed by atoms with Crippen molar-refractivity contribution >= 4 is 9.84 Å². The average Bonchev–Trinajstić information content (AvgIpc) is 2.62. The van der Waals surface area contributed by atoms with Gasteiger partial charge in [0.15, 0.2) is 0 Å². The third-order valence-electron chi connectivity index (χ3n) is 4.31. The summed E-state index contributed by atoms with van der Waals surface area (Å²) in [7, 11) is -3.55. The van der Waals surface area contributed by atoms with Crippen LogP contribution in [0.3, 0.4) is 0 Å². The summed E-state index contributed by atoms with van der Waals surface area (Å²) < 4.78 is 38.7. The maximum absolute atomic E-state index is 13.1. The SMILES string of the molecule is CCc1ccc(S(=O)(=O)c2ccc(-c3ccc(F)cc3)c(C)c2)cc1. The van der Waals surface area contributed by atoms with Crippen molar-refractivity contribution in [3.8, 4) is 11.1 Å². The van der Waals surface area contributed by atoms with Crippen LogP contribution in [0.1, 0.15) is 18.1 Å². The lowest BCUT2D eigenvalue weighted by atomic mass is 10.0. The molecule has 0 saturated carbocycles. The fourth-order valence-electron chi connectivity index (χ4n) is 2.80. The topological polar surface area (TPSA) is 34.1 Å². The van der Waals surface area contributed by atoms with Crippen LogP contribution in [0.25, 0.3) is 11.1 Å². The summed E-state index contributed by atoms with van der Waals surface area (Å²) in [4.78, 5) is 0.554. The number of sulfone groups is 1. The van der Waals surface area contributed by atoms with Crippen LogP contribution in [0.15, 0.2) is 76.5 Å². The average molecular weight is 354 g/mol. The molecule has 0 N–H and O–H groups in total. The lowest BCUT2D eigenvalue weighted by Gasteiger charge is -2.10. The van der Waals surface area contributed by atoms with Crippen LogP contribution in [-0.2, 0) is 16.3 Å². The van der Waals surface area contributed by atoms with Gasteiger partial charge < -0.3 is 0 Å². The Labute approximate surface area is 147 Å². The second-order valence-electron chi connectivity index (χ2n) is 5.98. The Morgan fingerprint density at radius 1 is 0.840 bits per heavy atom. The third-order valence-corrected chi connectivity index (χ3v) is 6.07. The summed E-state index contributed by atoms with van der Waals surface area (Å²) in [5.74, 6) is -0.295. The maximum atomic E-state index is 13.1. The Morgan fingerprint density at radius 3 is 2.00 bits per heavy atom. The van der Waals surface area contributed by atoms with Gasteiger partial charge in [0, 0.05) is 0 Å². The first-order valence-corrected chi connectivity index (χ1v) is 9.61. The smallest absolute Gasteiger partial charge is 0.206 e. The molecule has 0 fully saturated rings. The highest BCUT2D eigenvalue weighted by molar-refractivity contribution is 7.91. The van der Waals surface area contributed by atoms with Crippen molar-refractivity contribution in [2.75, 3.05) is 0 Å². The van der Waals surface area contributed by atoms with Gasteiger partial charge >= 0.3 is 0 Å². The number of hydrogen-bond acceptors (Lipinski definition) is 2. The summed E-state index contributed by atoms with van der Waals surface area (Å²) in [5.41, 5.74) is 3.68. The zero-order chi connectivity index (χ0) is 18.0. The number of aryl methyl sites for hydroxylation is 2. The van der Waals surface area contributed by atoms with E-state index in [1.54, 1.807) is 42.5 Å².